The van der Waals surface area contributed by atoms with Crippen LogP contribution >= 0.6 is 0 Å². The van der Waals surface area contributed by atoms with E-state index in [9.17, 15) is 4.79 Å². The Bertz CT molecular complexity index is 776. The SMILES string of the molecule is Cc1ncc(CN2CCCC[C@@H]2C(=O)Nc2ccc(C3CC3)cc2)n1C. The summed E-state index contributed by atoms with van der Waals surface area (Å²) in [4.78, 5) is 19.6. The number of nitrogens with zero attached hydrogens (tertiary/aromatic N) is 3. The third-order valence-corrected chi connectivity index (χ3v) is 5.83. The highest BCUT2D eigenvalue weighted by molar-refractivity contribution is 5.94. The first-order valence-corrected chi connectivity index (χ1v) is 9.74. The summed E-state index contributed by atoms with van der Waals surface area (Å²) < 4.78 is 2.11. The number of hydrogen-bond acceptors (Lipinski definition) is 3. The van der Waals surface area contributed by atoms with Gasteiger partial charge in [0.25, 0.3) is 0 Å². The number of aromatic nitrogens is 2. The van der Waals surface area contributed by atoms with Crippen LogP contribution in [0.2, 0.25) is 0 Å². The predicted octanol–water partition coefficient (Wildman–Crippen LogP) is 3.60. The van der Waals surface area contributed by atoms with Crippen LogP contribution in [0.5, 0.6) is 0 Å². The van der Waals surface area contributed by atoms with Crippen molar-refractivity contribution in [3.8, 4) is 0 Å². The van der Waals surface area contributed by atoms with E-state index in [1.54, 1.807) is 0 Å². The van der Waals surface area contributed by atoms with Gasteiger partial charge in [-0.05, 0) is 62.8 Å². The smallest absolute Gasteiger partial charge is 0.241 e. The summed E-state index contributed by atoms with van der Waals surface area (Å²) >= 11 is 0. The summed E-state index contributed by atoms with van der Waals surface area (Å²) in [6.07, 6.45) is 7.71. The summed E-state index contributed by atoms with van der Waals surface area (Å²) in [6, 6.07) is 8.34. The fourth-order valence-electron chi connectivity index (χ4n) is 3.86. The molecule has 5 nitrogen and oxygen atoms in total. The van der Waals surface area contributed by atoms with Crippen molar-refractivity contribution in [1.82, 2.24) is 14.5 Å². The number of rotatable bonds is 5. The quantitative estimate of drug-likeness (QED) is 0.894. The Morgan fingerprint density at radius 2 is 1.96 bits per heavy atom. The fraction of sp³-hybridized carbons (Fsp3) is 0.524. The predicted molar refractivity (Wildman–Crippen MR) is 103 cm³/mol. The van der Waals surface area contributed by atoms with Crippen LogP contribution in [0.4, 0.5) is 5.69 Å². The summed E-state index contributed by atoms with van der Waals surface area (Å²) in [6.45, 7) is 3.74. The van der Waals surface area contributed by atoms with Gasteiger partial charge in [-0.3, -0.25) is 9.69 Å². The van der Waals surface area contributed by atoms with E-state index < -0.39 is 0 Å². The number of benzene rings is 1. The molecule has 2 fully saturated rings. The Morgan fingerprint density at radius 1 is 1.19 bits per heavy atom. The molecule has 2 aliphatic rings. The maximum absolute atomic E-state index is 12.9. The Balaban J connectivity index is 1.43. The Hall–Kier alpha value is -2.14. The van der Waals surface area contributed by atoms with Gasteiger partial charge in [0, 0.05) is 25.5 Å². The van der Waals surface area contributed by atoms with Crippen molar-refractivity contribution in [1.29, 1.82) is 0 Å². The lowest BCUT2D eigenvalue weighted by Gasteiger charge is -2.34. The highest BCUT2D eigenvalue weighted by Crippen LogP contribution is 2.40. The monoisotopic (exact) mass is 352 g/mol. The van der Waals surface area contributed by atoms with E-state index in [0.717, 1.165) is 55.5 Å². The van der Waals surface area contributed by atoms with E-state index in [-0.39, 0.29) is 11.9 Å². The summed E-state index contributed by atoms with van der Waals surface area (Å²) in [5.41, 5.74) is 3.46. The molecule has 1 aromatic carbocycles. The van der Waals surface area contributed by atoms with Crippen molar-refractivity contribution in [2.24, 2.45) is 7.05 Å². The van der Waals surface area contributed by atoms with E-state index in [2.05, 4.69) is 31.9 Å². The highest BCUT2D eigenvalue weighted by atomic mass is 16.2. The van der Waals surface area contributed by atoms with Gasteiger partial charge in [-0.2, -0.15) is 0 Å². The van der Waals surface area contributed by atoms with E-state index in [4.69, 9.17) is 0 Å². The van der Waals surface area contributed by atoms with Crippen molar-refractivity contribution in [2.75, 3.05) is 11.9 Å². The molecule has 1 atom stereocenters. The average molecular weight is 352 g/mol. The van der Waals surface area contributed by atoms with Gasteiger partial charge in [0.15, 0.2) is 0 Å². The fourth-order valence-corrected chi connectivity index (χ4v) is 3.86. The highest BCUT2D eigenvalue weighted by Gasteiger charge is 2.29. The molecule has 138 valence electrons. The number of anilines is 1. The molecular weight excluding hydrogens is 324 g/mol. The van der Waals surface area contributed by atoms with Gasteiger partial charge in [-0.15, -0.1) is 0 Å². The summed E-state index contributed by atoms with van der Waals surface area (Å²) in [5, 5.41) is 3.13. The van der Waals surface area contributed by atoms with E-state index in [0.29, 0.717) is 0 Å². The molecule has 1 aromatic heterocycles. The van der Waals surface area contributed by atoms with Gasteiger partial charge in [0.1, 0.15) is 5.82 Å². The molecule has 1 N–H and O–H groups in total. The van der Waals surface area contributed by atoms with Crippen LogP contribution in [0, 0.1) is 6.92 Å². The minimum absolute atomic E-state index is 0.0675. The lowest BCUT2D eigenvalue weighted by atomic mass is 10.0. The van der Waals surface area contributed by atoms with Gasteiger partial charge in [0.2, 0.25) is 5.91 Å². The van der Waals surface area contributed by atoms with Crippen molar-refractivity contribution in [3.63, 3.8) is 0 Å². The van der Waals surface area contributed by atoms with E-state index in [1.165, 1.54) is 18.4 Å². The molecule has 5 heteroatoms. The van der Waals surface area contributed by atoms with Crippen molar-refractivity contribution >= 4 is 11.6 Å². The first-order chi connectivity index (χ1) is 12.6. The number of carbonyl (C=O) groups excluding carboxylic acids is 1. The number of piperidine rings is 1. The lowest BCUT2D eigenvalue weighted by molar-refractivity contribution is -0.122. The number of hydrogen-bond donors (Lipinski definition) is 1. The van der Waals surface area contributed by atoms with Gasteiger partial charge in [-0.1, -0.05) is 18.6 Å². The molecule has 2 heterocycles. The molecular formula is C21H28N4O. The first-order valence-electron chi connectivity index (χ1n) is 9.74. The van der Waals surface area contributed by atoms with E-state index in [1.807, 2.05) is 32.3 Å². The van der Waals surface area contributed by atoms with Gasteiger partial charge >= 0.3 is 0 Å². The molecule has 26 heavy (non-hydrogen) atoms. The lowest BCUT2D eigenvalue weighted by Crippen LogP contribution is -2.46. The number of amides is 1. The minimum Gasteiger partial charge on any atom is -0.334 e. The van der Waals surface area contributed by atoms with Gasteiger partial charge in [-0.25, -0.2) is 4.98 Å². The van der Waals surface area contributed by atoms with E-state index >= 15 is 0 Å². The van der Waals surface area contributed by atoms with Crippen LogP contribution in [0.3, 0.4) is 0 Å². The zero-order chi connectivity index (χ0) is 18.1. The maximum atomic E-state index is 12.9. The van der Waals surface area contributed by atoms with Gasteiger partial charge < -0.3 is 9.88 Å². The second-order valence-corrected chi connectivity index (χ2v) is 7.72. The maximum Gasteiger partial charge on any atom is 0.241 e. The Morgan fingerprint density at radius 3 is 2.62 bits per heavy atom. The minimum atomic E-state index is -0.0675. The molecule has 1 aliphatic carbocycles. The largest absolute Gasteiger partial charge is 0.334 e. The molecule has 1 amide bonds. The first kappa shape index (κ1) is 17.3. The molecule has 0 radical (unpaired) electrons. The third-order valence-electron chi connectivity index (χ3n) is 5.83. The second kappa shape index (κ2) is 7.23. The topological polar surface area (TPSA) is 50.2 Å². The number of carbonyl (C=O) groups is 1. The van der Waals surface area contributed by atoms with Crippen LogP contribution in [0.25, 0.3) is 0 Å². The van der Waals surface area contributed by atoms with Crippen LogP contribution in [0.15, 0.2) is 30.5 Å². The number of imidazole rings is 1. The molecule has 0 spiro atoms. The van der Waals surface area contributed by atoms with Crippen LogP contribution in [0.1, 0.15) is 55.1 Å². The Labute approximate surface area is 155 Å². The van der Waals surface area contributed by atoms with Crippen molar-refractivity contribution in [2.45, 2.75) is 57.5 Å². The molecule has 0 unspecified atom stereocenters. The average Bonchev–Trinajstić information content (AvgIpc) is 3.45. The van der Waals surface area contributed by atoms with Crippen molar-refractivity contribution < 1.29 is 4.79 Å². The molecule has 0 bridgehead atoms. The zero-order valence-corrected chi connectivity index (χ0v) is 15.7. The standard InChI is InChI=1S/C21H28N4O/c1-15-22-13-19(24(15)2)14-25-12-4-3-5-20(25)21(26)23-18-10-8-17(9-11-18)16-6-7-16/h8-11,13,16,20H,3-7,12,14H2,1-2H3,(H,23,26)/t20-/m1/s1. The molecule has 1 saturated carbocycles. The van der Waals surface area contributed by atoms with Crippen LogP contribution in [-0.2, 0) is 18.4 Å². The Kier molecular flexibility index (Phi) is 4.81. The number of aryl methyl sites for hydroxylation is 1. The van der Waals surface area contributed by atoms with Gasteiger partial charge in [0.05, 0.1) is 11.7 Å². The van der Waals surface area contributed by atoms with Crippen LogP contribution < -0.4 is 5.32 Å². The van der Waals surface area contributed by atoms with Crippen molar-refractivity contribution in [3.05, 3.63) is 47.5 Å². The zero-order valence-electron chi connectivity index (χ0n) is 15.7. The number of nitrogens with one attached hydrogen (secondary N) is 1. The molecule has 1 saturated heterocycles. The number of likely N-dealkylation sites (tertiary alicyclic amines) is 1. The molecule has 1 aliphatic heterocycles. The second-order valence-electron chi connectivity index (χ2n) is 7.72. The molecule has 2 aromatic rings. The normalized spacial score (nSPS) is 20.9. The summed E-state index contributed by atoms with van der Waals surface area (Å²) in [7, 11) is 2.04. The molecule has 4 rings (SSSR count). The third kappa shape index (κ3) is 3.68. The summed E-state index contributed by atoms with van der Waals surface area (Å²) in [5.74, 6) is 1.87. The van der Waals surface area contributed by atoms with Crippen LogP contribution in [-0.4, -0.2) is 32.9 Å².